The van der Waals surface area contributed by atoms with E-state index >= 15 is 0 Å². The quantitative estimate of drug-likeness (QED) is 0.631. The van der Waals surface area contributed by atoms with Crippen molar-refractivity contribution >= 4 is 11.9 Å². The van der Waals surface area contributed by atoms with Gasteiger partial charge >= 0.3 is 12.1 Å². The fourth-order valence-corrected chi connectivity index (χ4v) is 2.87. The number of carbonyl (C=O) groups excluding carboxylic acids is 1. The summed E-state index contributed by atoms with van der Waals surface area (Å²) in [5.74, 6) is -5.42. The van der Waals surface area contributed by atoms with Crippen LogP contribution in [0.2, 0.25) is 0 Å². The first-order chi connectivity index (χ1) is 14.9. The molecule has 3 unspecified atom stereocenters. The lowest BCUT2D eigenvalue weighted by atomic mass is 9.79. The first kappa shape index (κ1) is 23.0. The van der Waals surface area contributed by atoms with E-state index < -0.39 is 58.8 Å². The number of nitrogens with zero attached hydrogens (tertiary/aromatic N) is 1. The number of aliphatic carboxylic acids is 1. The van der Waals surface area contributed by atoms with Crippen LogP contribution in [-0.2, 0) is 20.5 Å². The number of primary amides is 1. The molecule has 170 valence electrons. The van der Waals surface area contributed by atoms with Gasteiger partial charge in [-0.15, -0.1) is 0 Å². The molecule has 0 fully saturated rings. The van der Waals surface area contributed by atoms with Crippen LogP contribution in [-0.4, -0.2) is 28.1 Å². The highest BCUT2D eigenvalue weighted by atomic mass is 19.4. The predicted molar refractivity (Wildman–Crippen MR) is 97.9 cm³/mol. The number of nitrogens with two attached hydrogens (primary N) is 1. The number of amides is 1. The second-order valence-electron chi connectivity index (χ2n) is 7.00. The lowest BCUT2D eigenvalue weighted by Crippen LogP contribution is -2.45. The van der Waals surface area contributed by atoms with Gasteiger partial charge in [0.05, 0.1) is 5.56 Å². The maximum Gasteiger partial charge on any atom is 0.416 e. The van der Waals surface area contributed by atoms with Gasteiger partial charge in [-0.3, -0.25) is 4.79 Å². The average Bonchev–Trinajstić information content (AvgIpc) is 3.20. The van der Waals surface area contributed by atoms with Crippen LogP contribution in [0.4, 0.5) is 22.0 Å². The minimum atomic E-state index is -4.54. The topological polar surface area (TPSA) is 116 Å². The Hall–Kier alpha value is -3.70. The molecule has 0 saturated carbocycles. The molecule has 1 aromatic heterocycles. The normalized spacial score (nSPS) is 22.0. The van der Waals surface area contributed by atoms with Gasteiger partial charge in [-0.25, -0.2) is 18.6 Å². The number of rotatable bonds is 6. The zero-order valence-electron chi connectivity index (χ0n) is 16.2. The standard InChI is InChI=1S/C20H15F5N2O5/c1-19(18(26)30)13(21)7-6-12(15(19)22)32-14(17(28)29)16-27-11(8-31-16)9-2-4-10(5-3-9)20(23,24)25/h2-8,14-15H,1H3,(H2,26,30)(H,28,29). The van der Waals surface area contributed by atoms with E-state index in [-0.39, 0.29) is 11.3 Å². The molecule has 0 spiro atoms. The summed E-state index contributed by atoms with van der Waals surface area (Å²) < 4.78 is 77.1. The maximum atomic E-state index is 14.8. The van der Waals surface area contributed by atoms with Crippen molar-refractivity contribution in [2.75, 3.05) is 0 Å². The summed E-state index contributed by atoms with van der Waals surface area (Å²) in [5, 5.41) is 9.46. The molecule has 1 aliphatic rings. The van der Waals surface area contributed by atoms with Crippen LogP contribution in [0.1, 0.15) is 24.5 Å². The molecule has 1 heterocycles. The second-order valence-corrected chi connectivity index (χ2v) is 7.00. The van der Waals surface area contributed by atoms with Crippen LogP contribution < -0.4 is 5.73 Å². The monoisotopic (exact) mass is 458 g/mol. The van der Waals surface area contributed by atoms with E-state index in [0.717, 1.165) is 49.6 Å². The predicted octanol–water partition coefficient (Wildman–Crippen LogP) is 4.08. The number of hydrogen-bond acceptors (Lipinski definition) is 5. The number of aromatic nitrogens is 1. The van der Waals surface area contributed by atoms with Crippen LogP contribution in [0.25, 0.3) is 11.3 Å². The minimum Gasteiger partial charge on any atom is -0.478 e. The molecule has 0 aliphatic heterocycles. The molecule has 0 saturated heterocycles. The van der Waals surface area contributed by atoms with Gasteiger partial charge in [0.1, 0.15) is 29.0 Å². The smallest absolute Gasteiger partial charge is 0.416 e. The Balaban J connectivity index is 1.87. The van der Waals surface area contributed by atoms with Crippen molar-refractivity contribution in [2.24, 2.45) is 11.1 Å². The third-order valence-corrected chi connectivity index (χ3v) is 4.89. The summed E-state index contributed by atoms with van der Waals surface area (Å²) in [6, 6.07) is 3.82. The first-order valence-electron chi connectivity index (χ1n) is 8.90. The van der Waals surface area contributed by atoms with E-state index in [0.29, 0.717) is 0 Å². The lowest BCUT2D eigenvalue weighted by Gasteiger charge is -2.32. The van der Waals surface area contributed by atoms with Gasteiger partial charge in [0, 0.05) is 5.56 Å². The van der Waals surface area contributed by atoms with Crippen molar-refractivity contribution in [1.82, 2.24) is 4.98 Å². The zero-order valence-corrected chi connectivity index (χ0v) is 16.2. The molecule has 3 rings (SSSR count). The van der Waals surface area contributed by atoms with Crippen molar-refractivity contribution in [2.45, 2.75) is 25.4 Å². The van der Waals surface area contributed by atoms with Crippen molar-refractivity contribution in [3.63, 3.8) is 0 Å². The highest BCUT2D eigenvalue weighted by Crippen LogP contribution is 2.42. The number of benzene rings is 1. The zero-order chi connectivity index (χ0) is 23.8. The number of carbonyl (C=O) groups is 2. The molecule has 12 heteroatoms. The Morgan fingerprint density at radius 1 is 1.25 bits per heavy atom. The van der Waals surface area contributed by atoms with E-state index in [1.807, 2.05) is 0 Å². The van der Waals surface area contributed by atoms with E-state index in [4.69, 9.17) is 14.9 Å². The molecule has 3 N–H and O–H groups in total. The number of halogens is 5. The van der Waals surface area contributed by atoms with Crippen LogP contribution in [0.3, 0.4) is 0 Å². The Morgan fingerprint density at radius 2 is 1.88 bits per heavy atom. The molecule has 1 aromatic carbocycles. The van der Waals surface area contributed by atoms with Crippen molar-refractivity contribution in [3.8, 4) is 11.3 Å². The van der Waals surface area contributed by atoms with Gasteiger partial charge < -0.3 is 20.0 Å². The van der Waals surface area contributed by atoms with E-state index in [1.165, 1.54) is 0 Å². The summed E-state index contributed by atoms with van der Waals surface area (Å²) in [5.41, 5.74) is 1.96. The molecular formula is C20H15F5N2O5. The fourth-order valence-electron chi connectivity index (χ4n) is 2.87. The molecule has 1 amide bonds. The molecule has 32 heavy (non-hydrogen) atoms. The van der Waals surface area contributed by atoms with Gasteiger partial charge in [0.15, 0.2) is 6.17 Å². The molecule has 3 atom stereocenters. The van der Waals surface area contributed by atoms with Crippen LogP contribution in [0, 0.1) is 5.41 Å². The minimum absolute atomic E-state index is 0.00842. The largest absolute Gasteiger partial charge is 0.478 e. The SMILES string of the molecule is CC1(C(N)=O)C(F)=CC=C(OC(C(=O)O)c2nc(-c3ccc(C(F)(F)F)cc3)co2)C1F. The second kappa shape index (κ2) is 8.09. The van der Waals surface area contributed by atoms with E-state index in [2.05, 4.69) is 4.98 Å². The number of alkyl halides is 4. The van der Waals surface area contributed by atoms with Crippen LogP contribution in [0.5, 0.6) is 0 Å². The molecule has 7 nitrogen and oxygen atoms in total. The van der Waals surface area contributed by atoms with Crippen molar-refractivity contribution in [1.29, 1.82) is 0 Å². The Morgan fingerprint density at radius 3 is 2.41 bits per heavy atom. The van der Waals surface area contributed by atoms with Gasteiger partial charge in [-0.1, -0.05) is 12.1 Å². The third-order valence-electron chi connectivity index (χ3n) is 4.89. The highest BCUT2D eigenvalue weighted by molar-refractivity contribution is 5.85. The Kier molecular flexibility index (Phi) is 5.81. The summed E-state index contributed by atoms with van der Waals surface area (Å²) in [6.45, 7) is 0.895. The fraction of sp³-hybridized carbons (Fsp3) is 0.250. The third kappa shape index (κ3) is 4.07. The van der Waals surface area contributed by atoms with Gasteiger partial charge in [-0.05, 0) is 31.2 Å². The van der Waals surface area contributed by atoms with E-state index in [1.54, 1.807) is 0 Å². The summed E-state index contributed by atoms with van der Waals surface area (Å²) in [6.07, 6.45) is -6.48. The summed E-state index contributed by atoms with van der Waals surface area (Å²) in [4.78, 5) is 27.1. The van der Waals surface area contributed by atoms with E-state index in [9.17, 15) is 36.6 Å². The highest BCUT2D eigenvalue weighted by Gasteiger charge is 2.50. The Bertz CT molecular complexity index is 1110. The molecule has 2 aromatic rings. The number of allylic oxidation sites excluding steroid dienone is 3. The van der Waals surface area contributed by atoms with Gasteiger partial charge in [0.2, 0.25) is 11.8 Å². The maximum absolute atomic E-state index is 14.8. The number of carboxylic acid groups (broad SMARTS) is 1. The van der Waals surface area contributed by atoms with Gasteiger partial charge in [-0.2, -0.15) is 13.2 Å². The molecular weight excluding hydrogens is 443 g/mol. The van der Waals surface area contributed by atoms with Crippen molar-refractivity contribution < 1.29 is 45.8 Å². The van der Waals surface area contributed by atoms with Crippen molar-refractivity contribution in [3.05, 3.63) is 65.7 Å². The molecule has 1 aliphatic carbocycles. The number of hydrogen-bond donors (Lipinski definition) is 2. The van der Waals surface area contributed by atoms with Crippen LogP contribution in [0.15, 0.2) is 58.7 Å². The Labute approximate surface area is 177 Å². The number of carboxylic acids is 1. The van der Waals surface area contributed by atoms with Crippen LogP contribution >= 0.6 is 0 Å². The number of oxazole rings is 1. The van der Waals surface area contributed by atoms with Gasteiger partial charge in [0.25, 0.3) is 6.10 Å². The number of ether oxygens (including phenoxy) is 1. The lowest BCUT2D eigenvalue weighted by molar-refractivity contribution is -0.151. The summed E-state index contributed by atoms with van der Waals surface area (Å²) in [7, 11) is 0. The first-order valence-corrected chi connectivity index (χ1v) is 8.90. The summed E-state index contributed by atoms with van der Waals surface area (Å²) >= 11 is 0. The molecule has 0 radical (unpaired) electrons. The molecule has 0 bridgehead atoms. The average molecular weight is 458 g/mol.